The van der Waals surface area contributed by atoms with Crippen LogP contribution in [-0.2, 0) is 20.2 Å². The largest absolute Gasteiger partial charge is 0.342 e. The minimum atomic E-state index is -1.55. The van der Waals surface area contributed by atoms with Gasteiger partial charge in [0, 0.05) is 13.1 Å². The minimum absolute atomic E-state index is 0.0112. The van der Waals surface area contributed by atoms with E-state index >= 15 is 0 Å². The molecule has 1 heterocycles. The molecule has 0 saturated carbocycles. The topological polar surface area (TPSA) is 58.6 Å². The predicted octanol–water partition coefficient (Wildman–Crippen LogP) is -0.576. The number of nitrogens with one attached hydrogen (secondary N) is 1. The molecule has 13 heavy (non-hydrogen) atoms. The highest BCUT2D eigenvalue weighted by molar-refractivity contribution is 7.78. The maximum atomic E-state index is 11.3. The highest BCUT2D eigenvalue weighted by Crippen LogP contribution is 2.06. The van der Waals surface area contributed by atoms with Gasteiger partial charge in [0.05, 0.1) is 13.7 Å². The summed E-state index contributed by atoms with van der Waals surface area (Å²) < 4.78 is 17.7. The smallest absolute Gasteiger partial charge is 0.237 e. The van der Waals surface area contributed by atoms with E-state index in [0.29, 0.717) is 0 Å². The van der Waals surface area contributed by atoms with Gasteiger partial charge in [0.1, 0.15) is 0 Å². The first-order valence-corrected chi connectivity index (χ1v) is 5.29. The first-order chi connectivity index (χ1) is 6.24. The first-order valence-electron chi connectivity index (χ1n) is 4.21. The number of likely N-dealkylation sites (tertiary alicyclic amines) is 1. The van der Waals surface area contributed by atoms with Crippen LogP contribution >= 0.6 is 0 Å². The van der Waals surface area contributed by atoms with Gasteiger partial charge in [-0.3, -0.25) is 8.98 Å². The molecule has 0 spiro atoms. The van der Waals surface area contributed by atoms with Crippen molar-refractivity contribution in [3.63, 3.8) is 0 Å². The van der Waals surface area contributed by atoms with E-state index in [4.69, 9.17) is 0 Å². The van der Waals surface area contributed by atoms with Gasteiger partial charge in [-0.25, -0.2) is 8.93 Å². The van der Waals surface area contributed by atoms with Gasteiger partial charge >= 0.3 is 0 Å². The Morgan fingerprint density at radius 1 is 1.54 bits per heavy atom. The molecular formula is C7H14N2O3S. The maximum absolute atomic E-state index is 11.3. The van der Waals surface area contributed by atoms with E-state index in [-0.39, 0.29) is 12.5 Å². The molecule has 1 N–H and O–H groups in total. The Balaban J connectivity index is 2.20. The molecule has 1 saturated heterocycles. The van der Waals surface area contributed by atoms with Crippen molar-refractivity contribution >= 4 is 17.2 Å². The molecule has 1 fully saturated rings. The zero-order valence-electron chi connectivity index (χ0n) is 7.62. The van der Waals surface area contributed by atoms with Gasteiger partial charge in [-0.05, 0) is 12.8 Å². The summed E-state index contributed by atoms with van der Waals surface area (Å²) in [5.74, 6) is -0.0112. The summed E-state index contributed by atoms with van der Waals surface area (Å²) in [7, 11) is 1.32. The maximum Gasteiger partial charge on any atom is 0.237 e. The summed E-state index contributed by atoms with van der Waals surface area (Å²) in [6.45, 7) is 1.72. The Hall–Kier alpha value is -0.460. The van der Waals surface area contributed by atoms with Gasteiger partial charge in [-0.15, -0.1) is 0 Å². The Morgan fingerprint density at radius 3 is 2.69 bits per heavy atom. The molecule has 1 aliphatic heterocycles. The fraction of sp³-hybridized carbons (Fsp3) is 0.857. The molecule has 0 bridgehead atoms. The normalized spacial score (nSPS) is 19.0. The minimum Gasteiger partial charge on any atom is -0.342 e. The molecule has 6 heteroatoms. The molecule has 0 aromatic rings. The lowest BCUT2D eigenvalue weighted by molar-refractivity contribution is -0.128. The predicted molar refractivity (Wildman–Crippen MR) is 49.0 cm³/mol. The quantitative estimate of drug-likeness (QED) is 0.669. The second-order valence-electron chi connectivity index (χ2n) is 2.81. The van der Waals surface area contributed by atoms with Crippen LogP contribution in [-0.4, -0.2) is 41.8 Å². The lowest BCUT2D eigenvalue weighted by Crippen LogP contribution is -2.37. The van der Waals surface area contributed by atoms with Gasteiger partial charge in [0.25, 0.3) is 0 Å². The number of amides is 1. The Labute approximate surface area is 80.2 Å². The Kier molecular flexibility index (Phi) is 4.34. The van der Waals surface area contributed by atoms with E-state index in [2.05, 4.69) is 8.91 Å². The molecule has 0 aliphatic carbocycles. The summed E-state index contributed by atoms with van der Waals surface area (Å²) in [5.41, 5.74) is 0. The van der Waals surface area contributed by atoms with E-state index in [9.17, 15) is 9.00 Å². The first kappa shape index (κ1) is 10.6. The van der Waals surface area contributed by atoms with Crippen molar-refractivity contribution in [2.45, 2.75) is 12.8 Å². The van der Waals surface area contributed by atoms with Crippen molar-refractivity contribution in [1.29, 1.82) is 0 Å². The van der Waals surface area contributed by atoms with Crippen molar-refractivity contribution in [1.82, 2.24) is 9.62 Å². The molecule has 1 atom stereocenters. The lowest BCUT2D eigenvalue weighted by atomic mass is 10.4. The highest BCUT2D eigenvalue weighted by Gasteiger charge is 2.17. The molecule has 1 unspecified atom stereocenters. The van der Waals surface area contributed by atoms with Crippen LogP contribution in [0.3, 0.4) is 0 Å². The number of carbonyl (C=O) groups is 1. The molecule has 1 rings (SSSR count). The van der Waals surface area contributed by atoms with E-state index in [0.717, 1.165) is 25.9 Å². The van der Waals surface area contributed by atoms with E-state index in [1.54, 1.807) is 4.90 Å². The number of rotatable bonds is 4. The number of nitrogens with zero attached hydrogens (tertiary/aromatic N) is 1. The van der Waals surface area contributed by atoms with Crippen LogP contribution in [0.25, 0.3) is 0 Å². The van der Waals surface area contributed by atoms with Crippen molar-refractivity contribution in [3.05, 3.63) is 0 Å². The van der Waals surface area contributed by atoms with Gasteiger partial charge in [0.15, 0.2) is 0 Å². The van der Waals surface area contributed by atoms with E-state index in [1.165, 1.54) is 7.11 Å². The molecule has 5 nitrogen and oxygen atoms in total. The summed E-state index contributed by atoms with van der Waals surface area (Å²) in [5, 5.41) is 0. The fourth-order valence-corrected chi connectivity index (χ4v) is 1.62. The second kappa shape index (κ2) is 5.31. The van der Waals surface area contributed by atoms with Crippen LogP contribution in [0.5, 0.6) is 0 Å². The average molecular weight is 206 g/mol. The van der Waals surface area contributed by atoms with Crippen LogP contribution in [0.4, 0.5) is 0 Å². The van der Waals surface area contributed by atoms with Gasteiger partial charge in [-0.1, -0.05) is 0 Å². The summed E-state index contributed by atoms with van der Waals surface area (Å²) >= 11 is -1.55. The molecule has 0 aromatic heterocycles. The van der Waals surface area contributed by atoms with Crippen molar-refractivity contribution in [2.75, 3.05) is 26.7 Å². The summed E-state index contributed by atoms with van der Waals surface area (Å²) in [6.07, 6.45) is 2.14. The van der Waals surface area contributed by atoms with E-state index in [1.807, 2.05) is 0 Å². The van der Waals surface area contributed by atoms with Gasteiger partial charge in [0.2, 0.25) is 17.2 Å². The third-order valence-electron chi connectivity index (χ3n) is 1.95. The monoisotopic (exact) mass is 206 g/mol. The number of hydrogen-bond acceptors (Lipinski definition) is 3. The molecular weight excluding hydrogens is 192 g/mol. The average Bonchev–Trinajstić information content (AvgIpc) is 2.66. The Morgan fingerprint density at radius 2 is 2.15 bits per heavy atom. The molecule has 76 valence electrons. The summed E-state index contributed by atoms with van der Waals surface area (Å²) in [6, 6.07) is 0. The van der Waals surface area contributed by atoms with Crippen LogP contribution in [0.2, 0.25) is 0 Å². The standard InChI is InChI=1S/C7H14N2O3S/c1-12-13(11)8-6-7(10)9-4-2-3-5-9/h8H,2-6H2,1H3. The van der Waals surface area contributed by atoms with Crippen molar-refractivity contribution < 1.29 is 13.2 Å². The van der Waals surface area contributed by atoms with Crippen molar-refractivity contribution in [2.24, 2.45) is 0 Å². The third kappa shape index (κ3) is 3.41. The molecule has 1 amide bonds. The molecule has 1 aliphatic rings. The van der Waals surface area contributed by atoms with Gasteiger partial charge < -0.3 is 4.90 Å². The van der Waals surface area contributed by atoms with Gasteiger partial charge in [-0.2, -0.15) is 0 Å². The van der Waals surface area contributed by atoms with E-state index < -0.39 is 11.3 Å². The van der Waals surface area contributed by atoms with Crippen LogP contribution in [0, 0.1) is 0 Å². The van der Waals surface area contributed by atoms with Crippen LogP contribution < -0.4 is 4.72 Å². The van der Waals surface area contributed by atoms with Crippen LogP contribution in [0.15, 0.2) is 0 Å². The van der Waals surface area contributed by atoms with Crippen LogP contribution in [0.1, 0.15) is 12.8 Å². The second-order valence-corrected chi connectivity index (χ2v) is 3.90. The highest BCUT2D eigenvalue weighted by atomic mass is 32.2. The summed E-state index contributed by atoms with van der Waals surface area (Å²) in [4.78, 5) is 13.1. The number of hydrogen-bond donors (Lipinski definition) is 1. The molecule has 0 aromatic carbocycles. The zero-order chi connectivity index (χ0) is 9.68. The van der Waals surface area contributed by atoms with Crippen molar-refractivity contribution in [3.8, 4) is 0 Å². The SMILES string of the molecule is COS(=O)NCC(=O)N1CCCC1. The molecule has 0 radical (unpaired) electrons. The lowest BCUT2D eigenvalue weighted by Gasteiger charge is -2.14. The Bertz CT molecular complexity index is 204. The third-order valence-corrected chi connectivity index (χ3v) is 2.63. The zero-order valence-corrected chi connectivity index (χ0v) is 8.43. The fourth-order valence-electron chi connectivity index (χ4n) is 1.26. The number of carbonyl (C=O) groups excluding carboxylic acids is 1.